The van der Waals surface area contributed by atoms with Gasteiger partial charge in [-0.25, -0.2) is 4.98 Å². The third kappa shape index (κ3) is 2.35. The molecule has 0 radical (unpaired) electrons. The fraction of sp³-hybridized carbons (Fsp3) is 0.286. The van der Waals surface area contributed by atoms with Crippen LogP contribution in [0.25, 0.3) is 28.6 Å². The number of pyridine rings is 2. The van der Waals surface area contributed by atoms with Crippen LogP contribution in [-0.4, -0.2) is 14.0 Å². The Kier molecular flexibility index (Phi) is 3.68. The molecule has 0 aliphatic heterocycles. The van der Waals surface area contributed by atoms with Gasteiger partial charge in [-0.05, 0) is 32.4 Å². The molecule has 0 aromatic carbocycles. The minimum Gasteiger partial charge on any atom is -0.308 e. The Labute approximate surface area is 153 Å². The zero-order valence-corrected chi connectivity index (χ0v) is 16.3. The normalized spacial score (nSPS) is 11.5. The zero-order valence-electron chi connectivity index (χ0n) is 16.3. The van der Waals surface area contributed by atoms with Crippen LogP contribution in [0.1, 0.15) is 16.7 Å². The van der Waals surface area contributed by atoms with Crippen molar-refractivity contribution < 1.29 is 9.13 Å². The largest absolute Gasteiger partial charge is 0.308 e. The summed E-state index contributed by atoms with van der Waals surface area (Å²) in [6, 6.07) is 6.67. The Morgan fingerprint density at radius 2 is 1.73 bits per heavy atom. The highest BCUT2D eigenvalue weighted by Gasteiger charge is 2.29. The summed E-state index contributed by atoms with van der Waals surface area (Å²) in [6.45, 7) is 6.50. The zero-order chi connectivity index (χ0) is 18.6. The summed E-state index contributed by atoms with van der Waals surface area (Å²) in [5, 5.41) is 0. The summed E-state index contributed by atoms with van der Waals surface area (Å²) in [5.74, 6) is 0.947. The fourth-order valence-electron chi connectivity index (χ4n) is 3.97. The molecule has 0 fully saturated rings. The number of nitrogens with zero attached hydrogens (tertiary/aromatic N) is 5. The van der Waals surface area contributed by atoms with Crippen LogP contribution in [0.2, 0.25) is 0 Å². The monoisotopic (exact) mass is 347 g/mol. The molecule has 4 heterocycles. The van der Waals surface area contributed by atoms with E-state index in [1.54, 1.807) is 0 Å². The van der Waals surface area contributed by atoms with E-state index in [2.05, 4.69) is 95.6 Å². The maximum absolute atomic E-state index is 4.46. The SMILES string of the molecule is Cc1cc[n+](C)c(-c2c(C)cc(C)c(-c3cn4ccnc4n3C)[n+]2C)c1. The maximum atomic E-state index is 4.46. The van der Waals surface area contributed by atoms with E-state index in [4.69, 9.17) is 0 Å². The van der Waals surface area contributed by atoms with Gasteiger partial charge < -0.3 is 4.57 Å². The lowest BCUT2D eigenvalue weighted by Crippen LogP contribution is -2.41. The van der Waals surface area contributed by atoms with Gasteiger partial charge in [-0.2, -0.15) is 9.13 Å². The molecule has 5 nitrogen and oxygen atoms in total. The molecule has 0 spiro atoms. The van der Waals surface area contributed by atoms with Crippen LogP contribution in [0.5, 0.6) is 0 Å². The molecule has 0 amide bonds. The molecule has 132 valence electrons. The molecule has 0 N–H and O–H groups in total. The van der Waals surface area contributed by atoms with Gasteiger partial charge in [0.15, 0.2) is 6.20 Å². The lowest BCUT2D eigenvalue weighted by molar-refractivity contribution is -0.685. The van der Waals surface area contributed by atoms with Gasteiger partial charge >= 0.3 is 0 Å². The number of fused-ring (bicyclic) bond motifs is 1. The molecule has 4 aromatic rings. The Bertz CT molecular complexity index is 1150. The van der Waals surface area contributed by atoms with Gasteiger partial charge in [-0.1, -0.05) is 0 Å². The predicted molar refractivity (Wildman–Crippen MR) is 102 cm³/mol. The highest BCUT2D eigenvalue weighted by molar-refractivity contribution is 5.63. The number of aryl methyl sites for hydroxylation is 5. The van der Waals surface area contributed by atoms with Crippen LogP contribution >= 0.6 is 0 Å². The van der Waals surface area contributed by atoms with E-state index in [1.165, 1.54) is 33.8 Å². The molecule has 4 rings (SSSR count). The molecule has 0 saturated carbocycles. The van der Waals surface area contributed by atoms with Gasteiger partial charge in [0.05, 0.1) is 0 Å². The van der Waals surface area contributed by atoms with E-state index >= 15 is 0 Å². The van der Waals surface area contributed by atoms with Gasteiger partial charge in [0.2, 0.25) is 11.5 Å². The first-order valence-electron chi connectivity index (χ1n) is 8.84. The van der Waals surface area contributed by atoms with Crippen LogP contribution in [-0.2, 0) is 21.1 Å². The Balaban J connectivity index is 2.04. The Hall–Kier alpha value is -2.95. The molecule has 0 saturated heterocycles. The molecule has 5 heteroatoms. The second kappa shape index (κ2) is 5.80. The smallest absolute Gasteiger partial charge is 0.280 e. The van der Waals surface area contributed by atoms with Crippen molar-refractivity contribution in [3.63, 3.8) is 0 Å². The maximum Gasteiger partial charge on any atom is 0.280 e. The minimum atomic E-state index is 0.947. The van der Waals surface area contributed by atoms with Crippen LogP contribution in [0.15, 0.2) is 43.0 Å². The molecule has 4 aromatic heterocycles. The average molecular weight is 347 g/mol. The molecule has 0 atom stereocenters. The average Bonchev–Trinajstić information content (AvgIpc) is 3.14. The number of aromatic nitrogens is 5. The molecule has 26 heavy (non-hydrogen) atoms. The Morgan fingerprint density at radius 3 is 2.46 bits per heavy atom. The highest BCUT2D eigenvalue weighted by Crippen LogP contribution is 2.27. The summed E-state index contributed by atoms with van der Waals surface area (Å²) >= 11 is 0. The van der Waals surface area contributed by atoms with Gasteiger partial charge in [0, 0.05) is 48.9 Å². The van der Waals surface area contributed by atoms with Crippen LogP contribution in [0.3, 0.4) is 0 Å². The third-order valence-electron chi connectivity index (χ3n) is 5.21. The first kappa shape index (κ1) is 16.5. The highest BCUT2D eigenvalue weighted by atomic mass is 15.2. The van der Waals surface area contributed by atoms with E-state index in [0.29, 0.717) is 0 Å². The lowest BCUT2D eigenvalue weighted by Gasteiger charge is -2.10. The molecule has 0 aliphatic rings. The summed E-state index contributed by atoms with van der Waals surface area (Å²) in [4.78, 5) is 4.46. The van der Waals surface area contributed by atoms with E-state index in [-0.39, 0.29) is 0 Å². The number of imidazole rings is 2. The molecule has 0 aliphatic carbocycles. The second-order valence-electron chi connectivity index (χ2n) is 7.17. The van der Waals surface area contributed by atoms with Crippen LogP contribution in [0, 0.1) is 20.8 Å². The summed E-state index contributed by atoms with van der Waals surface area (Å²) in [6.07, 6.45) is 8.10. The summed E-state index contributed by atoms with van der Waals surface area (Å²) in [5.41, 5.74) is 8.60. The van der Waals surface area contributed by atoms with Crippen molar-refractivity contribution in [1.29, 1.82) is 0 Å². The van der Waals surface area contributed by atoms with Crippen molar-refractivity contribution >= 4 is 5.78 Å². The third-order valence-corrected chi connectivity index (χ3v) is 5.21. The molecule has 0 unspecified atom stereocenters. The summed E-state index contributed by atoms with van der Waals surface area (Å²) in [7, 11) is 6.33. The van der Waals surface area contributed by atoms with E-state index in [1.807, 2.05) is 12.4 Å². The van der Waals surface area contributed by atoms with Crippen molar-refractivity contribution in [3.8, 4) is 22.8 Å². The lowest BCUT2D eigenvalue weighted by atomic mass is 10.0. The van der Waals surface area contributed by atoms with Crippen molar-refractivity contribution in [2.24, 2.45) is 21.1 Å². The first-order chi connectivity index (χ1) is 12.4. The quantitative estimate of drug-likeness (QED) is 0.513. The topological polar surface area (TPSA) is 30.0 Å². The Morgan fingerprint density at radius 1 is 1.00 bits per heavy atom. The molecular formula is C21H25N5+2. The minimum absolute atomic E-state index is 0.947. The van der Waals surface area contributed by atoms with Gasteiger partial charge in [0.1, 0.15) is 19.8 Å². The summed E-state index contributed by atoms with van der Waals surface area (Å²) < 4.78 is 8.72. The van der Waals surface area contributed by atoms with Gasteiger partial charge in [0.25, 0.3) is 11.4 Å². The van der Waals surface area contributed by atoms with Crippen molar-refractivity contribution in [2.75, 3.05) is 0 Å². The number of hydrogen-bond acceptors (Lipinski definition) is 1. The van der Waals surface area contributed by atoms with Gasteiger partial charge in [-0.15, -0.1) is 0 Å². The van der Waals surface area contributed by atoms with Crippen LogP contribution in [0.4, 0.5) is 0 Å². The van der Waals surface area contributed by atoms with Gasteiger partial charge in [-0.3, -0.25) is 4.40 Å². The predicted octanol–water partition coefficient (Wildman–Crippen LogP) is 2.58. The van der Waals surface area contributed by atoms with Crippen molar-refractivity contribution in [2.45, 2.75) is 20.8 Å². The van der Waals surface area contributed by atoms with Crippen LogP contribution < -0.4 is 9.13 Å². The second-order valence-corrected chi connectivity index (χ2v) is 7.17. The van der Waals surface area contributed by atoms with E-state index in [9.17, 15) is 0 Å². The molecular weight excluding hydrogens is 322 g/mol. The van der Waals surface area contributed by atoms with E-state index in [0.717, 1.165) is 11.5 Å². The standard InChI is InChI=1S/C21H25N5/c1-14-7-9-23(4)17(11-14)19-15(2)12-16(3)20(25(19)6)18-13-26-10-8-22-21(26)24(18)5/h7-13H,1-6H3/q+2. The number of hydrogen-bond donors (Lipinski definition) is 0. The molecule has 0 bridgehead atoms. The fourth-order valence-corrected chi connectivity index (χ4v) is 3.97. The van der Waals surface area contributed by atoms with E-state index < -0.39 is 0 Å². The number of rotatable bonds is 2. The van der Waals surface area contributed by atoms with Crippen molar-refractivity contribution in [3.05, 3.63) is 59.7 Å². The van der Waals surface area contributed by atoms with Crippen molar-refractivity contribution in [1.82, 2.24) is 14.0 Å². The first-order valence-corrected chi connectivity index (χ1v) is 8.84.